The molecule has 0 aliphatic carbocycles. The highest BCUT2D eigenvalue weighted by Crippen LogP contribution is 2.21. The molecule has 2 aromatic carbocycles. The molecule has 1 fully saturated rings. The van der Waals surface area contributed by atoms with Gasteiger partial charge >= 0.3 is 0 Å². The Morgan fingerprint density at radius 3 is 2.35 bits per heavy atom. The summed E-state index contributed by atoms with van der Waals surface area (Å²) in [5, 5.41) is 3.19. The first kappa shape index (κ1) is 18.7. The second kappa shape index (κ2) is 8.50. The van der Waals surface area contributed by atoms with Gasteiger partial charge in [0.05, 0.1) is 6.04 Å². The quantitative estimate of drug-likeness (QED) is 0.813. The van der Waals surface area contributed by atoms with Crippen LogP contribution in [0.3, 0.4) is 0 Å². The van der Waals surface area contributed by atoms with E-state index >= 15 is 0 Å². The average Bonchev–Trinajstić information content (AvgIpc) is 3.15. The van der Waals surface area contributed by atoms with Crippen molar-refractivity contribution in [3.05, 3.63) is 70.3 Å². The zero-order valence-electron chi connectivity index (χ0n) is 16.2. The zero-order chi connectivity index (χ0) is 18.5. The molecular formula is C23H30N2O. The van der Waals surface area contributed by atoms with Gasteiger partial charge in [-0.25, -0.2) is 0 Å². The number of benzene rings is 2. The SMILES string of the molecule is CC[C@@H](NC(=O)c1ccc(CN2CCCC2)cc1)c1ccc(C)c(C)c1. The predicted molar refractivity (Wildman–Crippen MR) is 107 cm³/mol. The van der Waals surface area contributed by atoms with E-state index in [1.54, 1.807) is 0 Å². The van der Waals surface area contributed by atoms with Gasteiger partial charge in [-0.15, -0.1) is 0 Å². The fourth-order valence-corrected chi connectivity index (χ4v) is 3.60. The van der Waals surface area contributed by atoms with Crippen molar-refractivity contribution in [1.29, 1.82) is 0 Å². The van der Waals surface area contributed by atoms with E-state index in [1.165, 1.54) is 48.2 Å². The monoisotopic (exact) mass is 350 g/mol. The summed E-state index contributed by atoms with van der Waals surface area (Å²) in [6.45, 7) is 9.71. The fraction of sp³-hybridized carbons (Fsp3) is 0.435. The molecule has 0 spiro atoms. The van der Waals surface area contributed by atoms with Crippen molar-refractivity contribution in [1.82, 2.24) is 10.2 Å². The predicted octanol–water partition coefficient (Wildman–Crippen LogP) is 4.78. The molecule has 1 aliphatic heterocycles. The molecular weight excluding hydrogens is 320 g/mol. The first-order chi connectivity index (χ1) is 12.6. The van der Waals surface area contributed by atoms with E-state index in [0.717, 1.165) is 18.5 Å². The summed E-state index contributed by atoms with van der Waals surface area (Å²) >= 11 is 0. The van der Waals surface area contributed by atoms with Crippen molar-refractivity contribution < 1.29 is 4.79 Å². The number of aryl methyl sites for hydroxylation is 2. The van der Waals surface area contributed by atoms with Gasteiger partial charge < -0.3 is 5.32 Å². The Morgan fingerprint density at radius 2 is 1.73 bits per heavy atom. The van der Waals surface area contributed by atoms with Crippen LogP contribution < -0.4 is 5.32 Å². The summed E-state index contributed by atoms with van der Waals surface area (Å²) in [5.41, 5.74) is 5.74. The summed E-state index contributed by atoms with van der Waals surface area (Å²) < 4.78 is 0. The molecule has 0 radical (unpaired) electrons. The van der Waals surface area contributed by atoms with E-state index in [2.05, 4.69) is 61.3 Å². The number of amides is 1. The molecule has 0 bridgehead atoms. The van der Waals surface area contributed by atoms with Gasteiger partial charge in [-0.2, -0.15) is 0 Å². The molecule has 26 heavy (non-hydrogen) atoms. The maximum atomic E-state index is 12.7. The highest BCUT2D eigenvalue weighted by Gasteiger charge is 2.15. The minimum absolute atomic E-state index is 0.00259. The van der Waals surface area contributed by atoms with Gasteiger partial charge in [0.1, 0.15) is 0 Å². The summed E-state index contributed by atoms with van der Waals surface area (Å²) in [7, 11) is 0. The highest BCUT2D eigenvalue weighted by molar-refractivity contribution is 5.94. The molecule has 1 saturated heterocycles. The largest absolute Gasteiger partial charge is 0.345 e. The smallest absolute Gasteiger partial charge is 0.251 e. The molecule has 0 saturated carbocycles. The van der Waals surface area contributed by atoms with Crippen LogP contribution in [-0.4, -0.2) is 23.9 Å². The highest BCUT2D eigenvalue weighted by atomic mass is 16.1. The molecule has 1 amide bonds. The minimum Gasteiger partial charge on any atom is -0.345 e. The number of rotatable bonds is 6. The number of nitrogens with one attached hydrogen (secondary N) is 1. The summed E-state index contributed by atoms with van der Waals surface area (Å²) in [5.74, 6) is 0.00259. The molecule has 0 aromatic heterocycles. The summed E-state index contributed by atoms with van der Waals surface area (Å²) in [6, 6.07) is 14.6. The van der Waals surface area contributed by atoms with Gasteiger partial charge in [0.25, 0.3) is 5.91 Å². The molecule has 1 heterocycles. The van der Waals surface area contributed by atoms with Crippen LogP contribution in [0.1, 0.15) is 64.8 Å². The van der Waals surface area contributed by atoms with Crippen LogP contribution in [0, 0.1) is 13.8 Å². The third-order valence-corrected chi connectivity index (χ3v) is 5.47. The molecule has 0 unspecified atom stereocenters. The number of carbonyl (C=O) groups is 1. The molecule has 2 aromatic rings. The molecule has 1 atom stereocenters. The lowest BCUT2D eigenvalue weighted by molar-refractivity contribution is 0.0935. The normalized spacial score (nSPS) is 15.8. The van der Waals surface area contributed by atoms with Crippen LogP contribution in [0.5, 0.6) is 0 Å². The Kier molecular flexibility index (Phi) is 6.10. The van der Waals surface area contributed by atoms with Crippen molar-refractivity contribution in [2.24, 2.45) is 0 Å². The summed E-state index contributed by atoms with van der Waals surface area (Å²) in [4.78, 5) is 15.1. The Balaban J connectivity index is 1.64. The Morgan fingerprint density at radius 1 is 1.04 bits per heavy atom. The Hall–Kier alpha value is -2.13. The van der Waals surface area contributed by atoms with E-state index in [0.29, 0.717) is 0 Å². The first-order valence-electron chi connectivity index (χ1n) is 9.76. The van der Waals surface area contributed by atoms with Gasteiger partial charge in [0.2, 0.25) is 0 Å². The van der Waals surface area contributed by atoms with E-state index in [1.807, 2.05) is 12.1 Å². The molecule has 138 valence electrons. The maximum Gasteiger partial charge on any atom is 0.251 e. The van der Waals surface area contributed by atoms with Crippen molar-refractivity contribution >= 4 is 5.91 Å². The molecule has 3 nitrogen and oxygen atoms in total. The van der Waals surface area contributed by atoms with Crippen LogP contribution in [-0.2, 0) is 6.54 Å². The van der Waals surface area contributed by atoms with Crippen LogP contribution >= 0.6 is 0 Å². The van der Waals surface area contributed by atoms with E-state index < -0.39 is 0 Å². The first-order valence-corrected chi connectivity index (χ1v) is 9.76. The molecule has 3 heteroatoms. The van der Waals surface area contributed by atoms with Gasteiger partial charge in [0, 0.05) is 12.1 Å². The average molecular weight is 351 g/mol. The number of carbonyl (C=O) groups excluding carboxylic acids is 1. The van der Waals surface area contributed by atoms with Crippen molar-refractivity contribution in [2.75, 3.05) is 13.1 Å². The topological polar surface area (TPSA) is 32.3 Å². The van der Waals surface area contributed by atoms with Crippen molar-refractivity contribution in [3.8, 4) is 0 Å². The van der Waals surface area contributed by atoms with Crippen LogP contribution in [0.4, 0.5) is 0 Å². The van der Waals surface area contributed by atoms with Gasteiger partial charge in [-0.3, -0.25) is 9.69 Å². The molecule has 1 N–H and O–H groups in total. The standard InChI is InChI=1S/C23H30N2O/c1-4-22(21-10-7-17(2)18(3)15-21)24-23(26)20-11-8-19(9-12-20)16-25-13-5-6-14-25/h7-12,15,22H,4-6,13-14,16H2,1-3H3,(H,24,26)/t22-/m1/s1. The van der Waals surface area contributed by atoms with Crippen molar-refractivity contribution in [2.45, 2.75) is 52.6 Å². The van der Waals surface area contributed by atoms with Gasteiger partial charge in [-0.05, 0) is 80.6 Å². The number of hydrogen-bond acceptors (Lipinski definition) is 2. The van der Waals surface area contributed by atoms with Gasteiger partial charge in [-0.1, -0.05) is 37.3 Å². The zero-order valence-corrected chi connectivity index (χ0v) is 16.2. The van der Waals surface area contributed by atoms with E-state index in [4.69, 9.17) is 0 Å². The van der Waals surface area contributed by atoms with Crippen molar-refractivity contribution in [3.63, 3.8) is 0 Å². The Labute approximate surface area is 157 Å². The van der Waals surface area contributed by atoms with Gasteiger partial charge in [0.15, 0.2) is 0 Å². The number of likely N-dealkylation sites (tertiary alicyclic amines) is 1. The number of hydrogen-bond donors (Lipinski definition) is 1. The summed E-state index contributed by atoms with van der Waals surface area (Å²) in [6.07, 6.45) is 3.48. The fourth-order valence-electron chi connectivity index (χ4n) is 3.60. The van der Waals surface area contributed by atoms with E-state index in [-0.39, 0.29) is 11.9 Å². The van der Waals surface area contributed by atoms with Crippen LogP contribution in [0.25, 0.3) is 0 Å². The molecule has 3 rings (SSSR count). The van der Waals surface area contributed by atoms with Crippen LogP contribution in [0.15, 0.2) is 42.5 Å². The lowest BCUT2D eigenvalue weighted by atomic mass is 9.99. The minimum atomic E-state index is 0.00259. The Bertz CT molecular complexity index is 745. The maximum absolute atomic E-state index is 12.7. The second-order valence-corrected chi connectivity index (χ2v) is 7.46. The second-order valence-electron chi connectivity index (χ2n) is 7.46. The number of nitrogens with zero attached hydrogens (tertiary/aromatic N) is 1. The molecule has 1 aliphatic rings. The lowest BCUT2D eigenvalue weighted by Crippen LogP contribution is -2.28. The third-order valence-electron chi connectivity index (χ3n) is 5.47. The van der Waals surface area contributed by atoms with E-state index in [9.17, 15) is 4.79 Å². The van der Waals surface area contributed by atoms with Crippen LogP contribution in [0.2, 0.25) is 0 Å². The lowest BCUT2D eigenvalue weighted by Gasteiger charge is -2.19. The third kappa shape index (κ3) is 4.53.